The average molecular weight is 241 g/mol. The molecule has 0 unspecified atom stereocenters. The van der Waals surface area contributed by atoms with E-state index in [9.17, 15) is 4.79 Å². The molecule has 0 saturated carbocycles. The van der Waals surface area contributed by atoms with E-state index in [4.69, 9.17) is 0 Å². The normalized spacial score (nSPS) is 14.0. The molecular weight excluding hydrogens is 226 g/mol. The minimum absolute atomic E-state index is 0.136. The summed E-state index contributed by atoms with van der Waals surface area (Å²) in [5.74, 6) is 0.891. The maximum Gasteiger partial charge on any atom is 0.275 e. The largest absolute Gasteiger partial charge is 0.334 e. The van der Waals surface area contributed by atoms with E-state index in [-0.39, 0.29) is 5.91 Å². The molecule has 0 radical (unpaired) electrons. The van der Waals surface area contributed by atoms with Crippen LogP contribution in [-0.2, 0) is 13.0 Å². The third-order valence-electron chi connectivity index (χ3n) is 3.17. The van der Waals surface area contributed by atoms with Crippen LogP contribution in [-0.4, -0.2) is 15.5 Å². The molecular formula is C14H15N3O. The van der Waals surface area contributed by atoms with Gasteiger partial charge in [0.05, 0.1) is 0 Å². The second-order valence-corrected chi connectivity index (χ2v) is 4.51. The van der Waals surface area contributed by atoms with Crippen molar-refractivity contribution in [3.8, 4) is 0 Å². The fraction of sp³-hybridized carbons (Fsp3) is 0.286. The number of hydrogen-bond donors (Lipinski definition) is 1. The van der Waals surface area contributed by atoms with Gasteiger partial charge in [-0.1, -0.05) is 18.2 Å². The Labute approximate surface area is 106 Å². The molecule has 1 N–H and O–H groups in total. The first-order valence-electron chi connectivity index (χ1n) is 6.25. The maximum atomic E-state index is 12.0. The van der Waals surface area contributed by atoms with Gasteiger partial charge >= 0.3 is 0 Å². The molecule has 4 heteroatoms. The van der Waals surface area contributed by atoms with Gasteiger partial charge in [0.15, 0.2) is 0 Å². The van der Waals surface area contributed by atoms with E-state index in [1.54, 1.807) is 0 Å². The van der Waals surface area contributed by atoms with Gasteiger partial charge in [-0.05, 0) is 25.0 Å². The molecule has 92 valence electrons. The minimum Gasteiger partial charge on any atom is -0.334 e. The lowest BCUT2D eigenvalue weighted by atomic mass is 10.2. The van der Waals surface area contributed by atoms with Gasteiger partial charge in [-0.15, -0.1) is 0 Å². The zero-order valence-electron chi connectivity index (χ0n) is 10.1. The molecule has 18 heavy (non-hydrogen) atoms. The van der Waals surface area contributed by atoms with Crippen LogP contribution in [0.25, 0.3) is 0 Å². The number of aromatic nitrogens is 2. The molecule has 2 heterocycles. The molecule has 1 aromatic carbocycles. The molecule has 0 spiro atoms. The van der Waals surface area contributed by atoms with Crippen LogP contribution in [0.3, 0.4) is 0 Å². The fourth-order valence-electron chi connectivity index (χ4n) is 2.24. The van der Waals surface area contributed by atoms with E-state index < -0.39 is 0 Å². The highest BCUT2D eigenvalue weighted by Gasteiger charge is 2.16. The van der Waals surface area contributed by atoms with Gasteiger partial charge in [-0.3, -0.25) is 4.79 Å². The zero-order valence-corrected chi connectivity index (χ0v) is 10.1. The summed E-state index contributed by atoms with van der Waals surface area (Å²) < 4.78 is 2.09. The van der Waals surface area contributed by atoms with Crippen LogP contribution in [0.5, 0.6) is 0 Å². The summed E-state index contributed by atoms with van der Waals surface area (Å²) in [7, 11) is 0. The topological polar surface area (TPSA) is 46.9 Å². The molecule has 0 fully saturated rings. The first-order valence-corrected chi connectivity index (χ1v) is 6.25. The summed E-state index contributed by atoms with van der Waals surface area (Å²) >= 11 is 0. The Kier molecular flexibility index (Phi) is 2.84. The fourth-order valence-corrected chi connectivity index (χ4v) is 2.24. The second kappa shape index (κ2) is 4.64. The van der Waals surface area contributed by atoms with Crippen molar-refractivity contribution in [3.05, 3.63) is 48.0 Å². The van der Waals surface area contributed by atoms with Gasteiger partial charge in [0, 0.05) is 24.8 Å². The second-order valence-electron chi connectivity index (χ2n) is 4.51. The number of anilines is 1. The molecule has 1 aliphatic rings. The van der Waals surface area contributed by atoms with Crippen LogP contribution in [0, 0.1) is 0 Å². The summed E-state index contributed by atoms with van der Waals surface area (Å²) in [4.78, 5) is 16.4. The molecule has 1 aliphatic heterocycles. The lowest BCUT2D eigenvalue weighted by Gasteiger charge is -2.11. The monoisotopic (exact) mass is 241 g/mol. The number of hydrogen-bond acceptors (Lipinski definition) is 2. The van der Waals surface area contributed by atoms with E-state index in [1.807, 2.05) is 36.5 Å². The van der Waals surface area contributed by atoms with E-state index in [2.05, 4.69) is 14.9 Å². The number of para-hydroxylation sites is 1. The number of carbonyl (C=O) groups is 1. The minimum atomic E-state index is -0.136. The smallest absolute Gasteiger partial charge is 0.275 e. The number of amides is 1. The van der Waals surface area contributed by atoms with Crippen molar-refractivity contribution in [1.82, 2.24) is 9.55 Å². The number of carbonyl (C=O) groups excluding carboxylic acids is 1. The molecule has 1 amide bonds. The Morgan fingerprint density at radius 1 is 1.22 bits per heavy atom. The van der Waals surface area contributed by atoms with Gasteiger partial charge in [0.2, 0.25) is 0 Å². The van der Waals surface area contributed by atoms with E-state index in [1.165, 1.54) is 6.42 Å². The van der Waals surface area contributed by atoms with Crippen LogP contribution in [0.2, 0.25) is 0 Å². The van der Waals surface area contributed by atoms with Crippen molar-refractivity contribution in [3.63, 3.8) is 0 Å². The summed E-state index contributed by atoms with van der Waals surface area (Å²) in [5.41, 5.74) is 1.31. The van der Waals surface area contributed by atoms with Crippen molar-refractivity contribution in [1.29, 1.82) is 0 Å². The highest BCUT2D eigenvalue weighted by molar-refractivity contribution is 6.02. The summed E-state index contributed by atoms with van der Waals surface area (Å²) in [6, 6.07) is 9.45. The Bertz CT molecular complexity index is 536. The molecule has 1 aromatic heterocycles. The van der Waals surface area contributed by atoms with Crippen molar-refractivity contribution in [2.75, 3.05) is 5.32 Å². The van der Waals surface area contributed by atoms with Gasteiger partial charge < -0.3 is 9.88 Å². The SMILES string of the molecule is O=C(Nc1ccccc1)c1cn2c(n1)CCCC2. The number of nitrogens with one attached hydrogen (secondary N) is 1. The van der Waals surface area contributed by atoms with Crippen LogP contribution in [0.1, 0.15) is 29.2 Å². The third-order valence-corrected chi connectivity index (χ3v) is 3.17. The van der Waals surface area contributed by atoms with Crippen molar-refractivity contribution >= 4 is 11.6 Å². The highest BCUT2D eigenvalue weighted by Crippen LogP contribution is 2.15. The zero-order chi connectivity index (χ0) is 12.4. The standard InChI is InChI=1S/C14H15N3O/c18-14(15-11-6-2-1-3-7-11)12-10-17-9-5-4-8-13(17)16-12/h1-3,6-7,10H,4-5,8-9H2,(H,15,18). The van der Waals surface area contributed by atoms with Gasteiger partial charge in [-0.2, -0.15) is 0 Å². The Balaban J connectivity index is 1.78. The molecule has 2 aromatic rings. The third kappa shape index (κ3) is 2.14. The molecule has 0 atom stereocenters. The molecule has 3 rings (SSSR count). The van der Waals surface area contributed by atoms with Crippen LogP contribution in [0.15, 0.2) is 36.5 Å². The number of benzene rings is 1. The van der Waals surface area contributed by atoms with Crippen molar-refractivity contribution in [2.24, 2.45) is 0 Å². The van der Waals surface area contributed by atoms with E-state index in [0.29, 0.717) is 5.69 Å². The number of fused-ring (bicyclic) bond motifs is 1. The Morgan fingerprint density at radius 2 is 2.06 bits per heavy atom. The van der Waals surface area contributed by atoms with E-state index in [0.717, 1.165) is 30.9 Å². The van der Waals surface area contributed by atoms with Crippen molar-refractivity contribution in [2.45, 2.75) is 25.8 Å². The van der Waals surface area contributed by atoms with Gasteiger partial charge in [0.25, 0.3) is 5.91 Å². The molecule has 0 saturated heterocycles. The first kappa shape index (κ1) is 11.0. The number of nitrogens with zero attached hydrogens (tertiary/aromatic N) is 2. The highest BCUT2D eigenvalue weighted by atomic mass is 16.1. The predicted molar refractivity (Wildman–Crippen MR) is 69.6 cm³/mol. The summed E-state index contributed by atoms with van der Waals surface area (Å²) in [6.45, 7) is 0.973. The summed E-state index contributed by atoms with van der Waals surface area (Å²) in [5, 5.41) is 2.85. The van der Waals surface area contributed by atoms with Crippen molar-refractivity contribution < 1.29 is 4.79 Å². The maximum absolute atomic E-state index is 12.0. The van der Waals surface area contributed by atoms with Crippen LogP contribution < -0.4 is 5.32 Å². The molecule has 0 aliphatic carbocycles. The predicted octanol–water partition coefficient (Wildman–Crippen LogP) is 2.47. The van der Waals surface area contributed by atoms with E-state index >= 15 is 0 Å². The molecule has 4 nitrogen and oxygen atoms in total. The van der Waals surface area contributed by atoms with Crippen LogP contribution in [0.4, 0.5) is 5.69 Å². The lowest BCUT2D eigenvalue weighted by Crippen LogP contribution is -2.12. The average Bonchev–Trinajstić information content (AvgIpc) is 2.84. The number of aryl methyl sites for hydroxylation is 2. The number of rotatable bonds is 2. The quantitative estimate of drug-likeness (QED) is 0.878. The van der Waals surface area contributed by atoms with Gasteiger partial charge in [0.1, 0.15) is 11.5 Å². The molecule has 0 bridgehead atoms. The lowest BCUT2D eigenvalue weighted by molar-refractivity contribution is 0.102. The first-order chi connectivity index (χ1) is 8.83. The Morgan fingerprint density at radius 3 is 2.83 bits per heavy atom. The van der Waals surface area contributed by atoms with Crippen LogP contribution >= 0.6 is 0 Å². The number of imidazole rings is 1. The van der Waals surface area contributed by atoms with Gasteiger partial charge in [-0.25, -0.2) is 4.98 Å². The Hall–Kier alpha value is -2.10. The summed E-state index contributed by atoms with van der Waals surface area (Å²) in [6.07, 6.45) is 5.16.